The number of anilines is 1. The average molecular weight is 529 g/mol. The fourth-order valence-electron chi connectivity index (χ4n) is 4.38. The molecule has 3 aromatic rings. The van der Waals surface area contributed by atoms with Gasteiger partial charge in [-0.25, -0.2) is 14.1 Å². The van der Waals surface area contributed by atoms with Gasteiger partial charge < -0.3 is 9.47 Å². The Morgan fingerprint density at radius 2 is 1.67 bits per heavy atom. The van der Waals surface area contributed by atoms with Crippen LogP contribution < -0.4 is 19.7 Å². The Bertz CT molecular complexity index is 1460. The highest BCUT2D eigenvalue weighted by Gasteiger charge is 2.37. The van der Waals surface area contributed by atoms with Crippen molar-refractivity contribution in [2.24, 2.45) is 0 Å². The third-order valence-corrected chi connectivity index (χ3v) is 5.99. The molecule has 1 aliphatic rings. The van der Waals surface area contributed by atoms with Gasteiger partial charge in [0.25, 0.3) is 11.8 Å². The minimum atomic E-state index is -0.806. The van der Waals surface area contributed by atoms with Crippen LogP contribution in [0.3, 0.4) is 0 Å². The van der Waals surface area contributed by atoms with Crippen LogP contribution in [0.1, 0.15) is 34.7 Å². The number of ether oxygens (including phenoxy) is 2. The molecule has 1 fully saturated rings. The summed E-state index contributed by atoms with van der Waals surface area (Å²) in [4.78, 5) is 39.8. The van der Waals surface area contributed by atoms with Gasteiger partial charge >= 0.3 is 6.03 Å². The van der Waals surface area contributed by atoms with E-state index in [-0.39, 0.29) is 18.0 Å². The number of amides is 4. The summed E-state index contributed by atoms with van der Waals surface area (Å²) in [5.74, 6) is -0.955. The number of urea groups is 1. The van der Waals surface area contributed by atoms with Crippen LogP contribution in [0.15, 0.2) is 72.8 Å². The van der Waals surface area contributed by atoms with Gasteiger partial charge in [0.15, 0.2) is 11.5 Å². The molecule has 0 aromatic heterocycles. The number of hydrogen-bond acceptors (Lipinski definition) is 5. The Balaban J connectivity index is 1.72. The summed E-state index contributed by atoms with van der Waals surface area (Å²) in [5.41, 5.74) is 3.93. The number of nitrogens with zero attached hydrogens (tertiary/aromatic N) is 1. The van der Waals surface area contributed by atoms with E-state index in [1.54, 1.807) is 42.5 Å². The van der Waals surface area contributed by atoms with Gasteiger partial charge in [-0.2, -0.15) is 0 Å². The molecule has 0 unspecified atom stereocenters. The third kappa shape index (κ3) is 6.23. The molecular formula is C31H29FN2O5. The van der Waals surface area contributed by atoms with Crippen LogP contribution in [-0.2, 0) is 22.6 Å². The second kappa shape index (κ2) is 11.8. The number of aryl methyl sites for hydroxylation is 2. The van der Waals surface area contributed by atoms with Crippen LogP contribution in [0.4, 0.5) is 14.9 Å². The molecule has 4 amide bonds. The van der Waals surface area contributed by atoms with E-state index in [2.05, 4.69) is 11.9 Å². The van der Waals surface area contributed by atoms with Crippen molar-refractivity contribution in [1.29, 1.82) is 0 Å². The maximum Gasteiger partial charge on any atom is 0.335 e. The summed E-state index contributed by atoms with van der Waals surface area (Å²) in [7, 11) is 0. The lowest BCUT2D eigenvalue weighted by Gasteiger charge is -2.27. The highest BCUT2D eigenvalue weighted by Crippen LogP contribution is 2.36. The molecular weight excluding hydrogens is 499 g/mol. The summed E-state index contributed by atoms with van der Waals surface area (Å²) in [6, 6.07) is 14.0. The van der Waals surface area contributed by atoms with E-state index in [0.717, 1.165) is 27.2 Å². The fraction of sp³-hybridized carbons (Fsp3) is 0.194. The predicted molar refractivity (Wildman–Crippen MR) is 147 cm³/mol. The first-order valence-electron chi connectivity index (χ1n) is 12.5. The highest BCUT2D eigenvalue weighted by molar-refractivity contribution is 6.39. The molecule has 1 saturated heterocycles. The van der Waals surface area contributed by atoms with Gasteiger partial charge in [-0.05, 0) is 91.9 Å². The topological polar surface area (TPSA) is 84.9 Å². The molecule has 4 rings (SSSR count). The summed E-state index contributed by atoms with van der Waals surface area (Å²) in [6.07, 6.45) is 3.55. The van der Waals surface area contributed by atoms with Crippen molar-refractivity contribution < 1.29 is 28.2 Å². The maximum atomic E-state index is 13.4. The van der Waals surface area contributed by atoms with Crippen molar-refractivity contribution in [2.45, 2.75) is 33.8 Å². The molecule has 0 saturated carbocycles. The molecule has 0 spiro atoms. The molecule has 1 N–H and O–H groups in total. The lowest BCUT2D eigenvalue weighted by atomic mass is 10.0. The van der Waals surface area contributed by atoms with Crippen LogP contribution in [0.2, 0.25) is 0 Å². The van der Waals surface area contributed by atoms with Crippen molar-refractivity contribution in [3.8, 4) is 11.5 Å². The standard InChI is InChI=1S/C31H29FN2O5/c1-5-7-23-15-22(17-27(38-6-2)28(23)39-18-21-8-10-24(32)11-9-21)16-26-29(35)33-31(37)34(30(26)36)25-13-19(3)12-20(4)14-25/h5,8-17H,1,6-7,18H2,2-4H3,(H,33,35,37)/b26-16+. The Kier molecular flexibility index (Phi) is 8.24. The van der Waals surface area contributed by atoms with Gasteiger partial charge in [-0.1, -0.05) is 24.3 Å². The fourth-order valence-corrected chi connectivity index (χ4v) is 4.38. The maximum absolute atomic E-state index is 13.4. The average Bonchev–Trinajstić information content (AvgIpc) is 2.87. The molecule has 8 heteroatoms. The SMILES string of the molecule is C=CCc1cc(/C=C2\C(=O)NC(=O)N(c3cc(C)cc(C)c3)C2=O)cc(OCC)c1OCc1ccc(F)cc1. The van der Waals surface area contributed by atoms with Gasteiger partial charge in [-0.15, -0.1) is 6.58 Å². The smallest absolute Gasteiger partial charge is 0.335 e. The van der Waals surface area contributed by atoms with Gasteiger partial charge in [0.1, 0.15) is 18.0 Å². The number of hydrogen-bond donors (Lipinski definition) is 1. The lowest BCUT2D eigenvalue weighted by molar-refractivity contribution is -0.122. The van der Waals surface area contributed by atoms with Crippen LogP contribution >= 0.6 is 0 Å². The molecule has 0 aliphatic carbocycles. The molecule has 0 radical (unpaired) electrons. The number of imide groups is 2. The van der Waals surface area contributed by atoms with Crippen molar-refractivity contribution >= 4 is 29.6 Å². The van der Waals surface area contributed by atoms with Gasteiger partial charge in [0, 0.05) is 5.56 Å². The van der Waals surface area contributed by atoms with Crippen molar-refractivity contribution in [3.05, 3.63) is 106 Å². The lowest BCUT2D eigenvalue weighted by Crippen LogP contribution is -2.54. The zero-order chi connectivity index (χ0) is 28.1. The van der Waals surface area contributed by atoms with Crippen molar-refractivity contribution in [1.82, 2.24) is 5.32 Å². The molecule has 200 valence electrons. The normalized spacial score (nSPS) is 14.4. The molecule has 1 aliphatic heterocycles. The van der Waals surface area contributed by atoms with Gasteiger partial charge in [0.05, 0.1) is 12.3 Å². The van der Waals surface area contributed by atoms with E-state index in [1.165, 1.54) is 18.2 Å². The molecule has 1 heterocycles. The Morgan fingerprint density at radius 3 is 2.31 bits per heavy atom. The van der Waals surface area contributed by atoms with E-state index in [0.29, 0.717) is 35.8 Å². The quantitative estimate of drug-likeness (QED) is 0.215. The first kappa shape index (κ1) is 27.3. The Hall–Kier alpha value is -4.72. The summed E-state index contributed by atoms with van der Waals surface area (Å²) < 4.78 is 25.2. The van der Waals surface area contributed by atoms with E-state index in [9.17, 15) is 18.8 Å². The molecule has 0 bridgehead atoms. The zero-order valence-corrected chi connectivity index (χ0v) is 22.0. The third-order valence-electron chi connectivity index (χ3n) is 5.99. The van der Waals surface area contributed by atoms with E-state index >= 15 is 0 Å². The van der Waals surface area contributed by atoms with E-state index in [1.807, 2.05) is 26.8 Å². The van der Waals surface area contributed by atoms with Crippen LogP contribution in [0, 0.1) is 19.7 Å². The summed E-state index contributed by atoms with van der Waals surface area (Å²) in [5, 5.41) is 2.26. The van der Waals surface area contributed by atoms with Crippen LogP contribution in [0.25, 0.3) is 6.08 Å². The van der Waals surface area contributed by atoms with E-state index < -0.39 is 17.8 Å². The Morgan fingerprint density at radius 1 is 0.974 bits per heavy atom. The second-order valence-electron chi connectivity index (χ2n) is 9.15. The number of barbiturate groups is 1. The van der Waals surface area contributed by atoms with Gasteiger partial charge in [0.2, 0.25) is 0 Å². The molecule has 0 atom stereocenters. The van der Waals surface area contributed by atoms with E-state index in [4.69, 9.17) is 9.47 Å². The minimum absolute atomic E-state index is 0.179. The van der Waals surface area contributed by atoms with Crippen LogP contribution in [-0.4, -0.2) is 24.5 Å². The predicted octanol–water partition coefficient (Wildman–Crippen LogP) is 5.82. The first-order chi connectivity index (χ1) is 18.7. The number of rotatable bonds is 9. The number of allylic oxidation sites excluding steroid dienone is 1. The molecule has 39 heavy (non-hydrogen) atoms. The Labute approximate surface area is 226 Å². The van der Waals surface area contributed by atoms with Crippen LogP contribution in [0.5, 0.6) is 11.5 Å². The number of carbonyl (C=O) groups is 3. The van der Waals surface area contributed by atoms with Crippen molar-refractivity contribution in [3.63, 3.8) is 0 Å². The first-order valence-corrected chi connectivity index (χ1v) is 12.5. The summed E-state index contributed by atoms with van der Waals surface area (Å²) >= 11 is 0. The van der Waals surface area contributed by atoms with Gasteiger partial charge in [-0.3, -0.25) is 14.9 Å². The molecule has 3 aromatic carbocycles. The number of carbonyl (C=O) groups excluding carboxylic acids is 3. The monoisotopic (exact) mass is 528 g/mol. The second-order valence-corrected chi connectivity index (χ2v) is 9.15. The number of nitrogens with one attached hydrogen (secondary N) is 1. The minimum Gasteiger partial charge on any atom is -0.490 e. The number of halogens is 1. The largest absolute Gasteiger partial charge is 0.490 e. The highest BCUT2D eigenvalue weighted by atomic mass is 19.1. The van der Waals surface area contributed by atoms with Crippen molar-refractivity contribution in [2.75, 3.05) is 11.5 Å². The summed E-state index contributed by atoms with van der Waals surface area (Å²) in [6.45, 7) is 9.89. The zero-order valence-electron chi connectivity index (χ0n) is 22.0. The molecule has 7 nitrogen and oxygen atoms in total. The number of benzene rings is 3.